The number of hydrogen-bond donors (Lipinski definition) is 2. The second-order valence-corrected chi connectivity index (χ2v) is 4.33. The zero-order valence-electron chi connectivity index (χ0n) is 10.1. The molecule has 2 aromatic carbocycles. The van der Waals surface area contributed by atoms with E-state index in [2.05, 4.69) is 0 Å². The summed E-state index contributed by atoms with van der Waals surface area (Å²) < 4.78 is 5.73. The number of hydrogen-bond acceptors (Lipinski definition) is 4. The van der Waals surface area contributed by atoms with Gasteiger partial charge in [0.15, 0.2) is 11.0 Å². The lowest BCUT2D eigenvalue weighted by Gasteiger charge is -2.06. The van der Waals surface area contributed by atoms with Gasteiger partial charge in [0, 0.05) is 17.3 Å². The second kappa shape index (κ2) is 4.17. The van der Waals surface area contributed by atoms with Crippen LogP contribution in [0.2, 0.25) is 0 Å². The molecule has 0 bridgehead atoms. The van der Waals surface area contributed by atoms with E-state index in [0.717, 1.165) is 5.56 Å². The lowest BCUT2D eigenvalue weighted by atomic mass is 10.1. The Kier molecular flexibility index (Phi) is 2.49. The highest BCUT2D eigenvalue weighted by Gasteiger charge is 2.09. The molecule has 0 amide bonds. The number of rotatable bonds is 1. The summed E-state index contributed by atoms with van der Waals surface area (Å²) in [7, 11) is 0. The van der Waals surface area contributed by atoms with E-state index >= 15 is 0 Å². The molecule has 4 nitrogen and oxygen atoms in total. The molecule has 1 aromatic heterocycles. The molecule has 94 valence electrons. The molecular formula is C15H12N2O2. The maximum absolute atomic E-state index is 12.1. The smallest absolute Gasteiger partial charge is 0.193 e. The normalized spacial score (nSPS) is 10.7. The summed E-state index contributed by atoms with van der Waals surface area (Å²) >= 11 is 0. The summed E-state index contributed by atoms with van der Waals surface area (Å²) in [4.78, 5) is 12.1. The van der Waals surface area contributed by atoms with Gasteiger partial charge in [-0.15, -0.1) is 0 Å². The number of fused-ring (bicyclic) bond motifs is 1. The predicted molar refractivity (Wildman–Crippen MR) is 76.7 cm³/mol. The van der Waals surface area contributed by atoms with Gasteiger partial charge in [-0.3, -0.25) is 4.79 Å². The van der Waals surface area contributed by atoms with Crippen molar-refractivity contribution >= 4 is 22.3 Å². The fourth-order valence-corrected chi connectivity index (χ4v) is 2.05. The summed E-state index contributed by atoms with van der Waals surface area (Å²) in [5.41, 5.74) is 13.4. The van der Waals surface area contributed by atoms with E-state index in [4.69, 9.17) is 15.9 Å². The molecule has 0 aliphatic rings. The van der Waals surface area contributed by atoms with Gasteiger partial charge < -0.3 is 15.9 Å². The minimum atomic E-state index is -0.154. The van der Waals surface area contributed by atoms with Crippen molar-refractivity contribution in [3.8, 4) is 11.3 Å². The highest BCUT2D eigenvalue weighted by Crippen LogP contribution is 2.27. The van der Waals surface area contributed by atoms with Crippen molar-refractivity contribution in [3.63, 3.8) is 0 Å². The Balaban J connectivity index is 2.34. The molecular weight excluding hydrogens is 240 g/mol. The van der Waals surface area contributed by atoms with Crippen molar-refractivity contribution in [2.75, 3.05) is 11.5 Å². The average molecular weight is 252 g/mol. The largest absolute Gasteiger partial charge is 0.454 e. The van der Waals surface area contributed by atoms with Crippen LogP contribution < -0.4 is 16.9 Å². The summed E-state index contributed by atoms with van der Waals surface area (Å²) in [6.07, 6.45) is 0. The van der Waals surface area contributed by atoms with E-state index < -0.39 is 0 Å². The summed E-state index contributed by atoms with van der Waals surface area (Å²) in [6, 6.07) is 14.0. The van der Waals surface area contributed by atoms with Crippen LogP contribution in [-0.2, 0) is 0 Å². The third-order valence-corrected chi connectivity index (χ3v) is 2.94. The van der Waals surface area contributed by atoms with Gasteiger partial charge in [0.05, 0.1) is 11.1 Å². The van der Waals surface area contributed by atoms with Gasteiger partial charge in [0.25, 0.3) is 0 Å². The number of benzene rings is 2. The highest BCUT2D eigenvalue weighted by atomic mass is 16.3. The van der Waals surface area contributed by atoms with Gasteiger partial charge in [0.1, 0.15) is 5.76 Å². The average Bonchev–Trinajstić information content (AvgIpc) is 2.41. The van der Waals surface area contributed by atoms with E-state index in [0.29, 0.717) is 28.1 Å². The monoisotopic (exact) mass is 252 g/mol. The highest BCUT2D eigenvalue weighted by molar-refractivity contribution is 5.91. The van der Waals surface area contributed by atoms with Crippen molar-refractivity contribution in [2.45, 2.75) is 0 Å². The van der Waals surface area contributed by atoms with Crippen LogP contribution in [0.3, 0.4) is 0 Å². The van der Waals surface area contributed by atoms with Crippen molar-refractivity contribution in [2.24, 2.45) is 0 Å². The lowest BCUT2D eigenvalue weighted by molar-refractivity contribution is 0.620. The first-order valence-corrected chi connectivity index (χ1v) is 5.83. The molecule has 0 radical (unpaired) electrons. The molecule has 1 heterocycles. The summed E-state index contributed by atoms with van der Waals surface area (Å²) in [5, 5.41) is 0.400. The van der Waals surface area contributed by atoms with E-state index in [1.54, 1.807) is 12.1 Å². The molecule has 0 saturated heterocycles. The summed E-state index contributed by atoms with van der Waals surface area (Å²) in [6.45, 7) is 0. The number of nitrogens with two attached hydrogens (primary N) is 2. The van der Waals surface area contributed by atoms with Crippen LogP contribution >= 0.6 is 0 Å². The second-order valence-electron chi connectivity index (χ2n) is 4.33. The minimum absolute atomic E-state index is 0.154. The van der Waals surface area contributed by atoms with Gasteiger partial charge in [-0.1, -0.05) is 30.3 Å². The van der Waals surface area contributed by atoms with E-state index in [-0.39, 0.29) is 5.43 Å². The van der Waals surface area contributed by atoms with Gasteiger partial charge >= 0.3 is 0 Å². The number of anilines is 2. The molecule has 19 heavy (non-hydrogen) atoms. The zero-order valence-corrected chi connectivity index (χ0v) is 10.1. The van der Waals surface area contributed by atoms with Crippen molar-refractivity contribution in [3.05, 3.63) is 58.8 Å². The maximum Gasteiger partial charge on any atom is 0.193 e. The van der Waals surface area contributed by atoms with Crippen LogP contribution in [0.5, 0.6) is 0 Å². The minimum Gasteiger partial charge on any atom is -0.454 e. The van der Waals surface area contributed by atoms with Gasteiger partial charge in [0.2, 0.25) is 0 Å². The van der Waals surface area contributed by atoms with Gasteiger partial charge in [-0.2, -0.15) is 0 Å². The molecule has 3 aromatic rings. The first-order valence-electron chi connectivity index (χ1n) is 5.83. The third-order valence-electron chi connectivity index (χ3n) is 2.94. The van der Waals surface area contributed by atoms with E-state index in [9.17, 15) is 4.79 Å². The Morgan fingerprint density at radius 1 is 0.947 bits per heavy atom. The summed E-state index contributed by atoms with van der Waals surface area (Å²) in [5.74, 6) is 0.495. The maximum atomic E-state index is 12.1. The van der Waals surface area contributed by atoms with E-state index in [1.165, 1.54) is 6.07 Å². The van der Waals surface area contributed by atoms with Crippen molar-refractivity contribution < 1.29 is 4.42 Å². The molecule has 0 spiro atoms. The SMILES string of the molecule is Nc1cc(N)c2oc(-c3ccccc3)cc(=O)c2c1. The molecule has 0 aliphatic heterocycles. The van der Waals surface area contributed by atoms with Crippen LogP contribution in [0.1, 0.15) is 0 Å². The molecule has 4 heteroatoms. The van der Waals surface area contributed by atoms with Crippen LogP contribution in [0.4, 0.5) is 11.4 Å². The molecule has 0 atom stereocenters. The lowest BCUT2D eigenvalue weighted by Crippen LogP contribution is -2.03. The predicted octanol–water partition coefficient (Wildman–Crippen LogP) is 2.62. The Hall–Kier alpha value is -2.75. The molecule has 0 aliphatic carbocycles. The molecule has 0 saturated carbocycles. The fraction of sp³-hybridized carbons (Fsp3) is 0. The first kappa shape index (κ1) is 11.3. The van der Waals surface area contributed by atoms with Gasteiger partial charge in [-0.25, -0.2) is 0 Å². The third kappa shape index (κ3) is 1.93. The molecule has 0 unspecified atom stereocenters. The Bertz CT molecular complexity index is 807. The quantitative estimate of drug-likeness (QED) is 0.652. The van der Waals surface area contributed by atoms with Crippen LogP contribution in [0, 0.1) is 0 Å². The topological polar surface area (TPSA) is 82.2 Å². The Morgan fingerprint density at radius 2 is 1.68 bits per heavy atom. The van der Waals surface area contributed by atoms with Gasteiger partial charge in [-0.05, 0) is 12.1 Å². The zero-order chi connectivity index (χ0) is 13.4. The van der Waals surface area contributed by atoms with Crippen molar-refractivity contribution in [1.29, 1.82) is 0 Å². The van der Waals surface area contributed by atoms with Crippen LogP contribution in [-0.4, -0.2) is 0 Å². The standard InChI is InChI=1S/C15H12N2O2/c16-10-6-11-13(18)8-14(9-4-2-1-3-5-9)19-15(11)12(17)7-10/h1-8H,16-17H2. The van der Waals surface area contributed by atoms with Crippen LogP contribution in [0.15, 0.2) is 57.7 Å². The Labute approximate surface area is 109 Å². The van der Waals surface area contributed by atoms with Crippen LogP contribution in [0.25, 0.3) is 22.3 Å². The first-order chi connectivity index (χ1) is 9.15. The number of nitrogen functional groups attached to an aromatic ring is 2. The molecule has 3 rings (SSSR count). The molecule has 4 N–H and O–H groups in total. The van der Waals surface area contributed by atoms with Crippen molar-refractivity contribution in [1.82, 2.24) is 0 Å². The van der Waals surface area contributed by atoms with E-state index in [1.807, 2.05) is 30.3 Å². The fourth-order valence-electron chi connectivity index (χ4n) is 2.05. The molecule has 0 fully saturated rings. The Morgan fingerprint density at radius 3 is 2.42 bits per heavy atom.